The van der Waals surface area contributed by atoms with E-state index in [1.807, 2.05) is 37.4 Å². The van der Waals surface area contributed by atoms with Gasteiger partial charge in [0.05, 0.1) is 14.2 Å². The Morgan fingerprint density at radius 2 is 1.61 bits per heavy atom. The van der Waals surface area contributed by atoms with Crippen LogP contribution in [0.3, 0.4) is 0 Å². The van der Waals surface area contributed by atoms with Gasteiger partial charge in [0.25, 0.3) is 0 Å². The van der Waals surface area contributed by atoms with Crippen molar-refractivity contribution < 1.29 is 9.47 Å². The molecule has 0 radical (unpaired) electrons. The fourth-order valence-corrected chi connectivity index (χ4v) is 1.85. The van der Waals surface area contributed by atoms with E-state index in [0.29, 0.717) is 0 Å². The van der Waals surface area contributed by atoms with Crippen LogP contribution in [-0.4, -0.2) is 21.3 Å². The maximum absolute atomic E-state index is 5.40. The van der Waals surface area contributed by atoms with Gasteiger partial charge < -0.3 is 14.8 Å². The summed E-state index contributed by atoms with van der Waals surface area (Å²) in [7, 11) is 5.22. The predicted molar refractivity (Wildman–Crippen MR) is 74.5 cm³/mol. The van der Waals surface area contributed by atoms with Gasteiger partial charge in [-0.1, -0.05) is 12.1 Å². The van der Waals surface area contributed by atoms with E-state index < -0.39 is 0 Å². The summed E-state index contributed by atoms with van der Waals surface area (Å²) in [6.45, 7) is 0. The highest BCUT2D eigenvalue weighted by Gasteiger charge is 2.07. The second kappa shape index (κ2) is 5.45. The fraction of sp³-hybridized carbons (Fsp3) is 0.200. The highest BCUT2D eigenvalue weighted by atomic mass is 16.5. The number of anilines is 1. The molecule has 0 aliphatic heterocycles. The van der Waals surface area contributed by atoms with Gasteiger partial charge in [0, 0.05) is 24.4 Å². The number of hydrogen-bond acceptors (Lipinski definition) is 3. The lowest BCUT2D eigenvalue weighted by Gasteiger charge is -2.11. The average Bonchev–Trinajstić information content (AvgIpc) is 2.46. The molecule has 1 N–H and O–H groups in total. The first-order valence-corrected chi connectivity index (χ1v) is 5.78. The van der Waals surface area contributed by atoms with Gasteiger partial charge in [-0.15, -0.1) is 0 Å². The highest BCUT2D eigenvalue weighted by molar-refractivity contribution is 5.73. The Labute approximate surface area is 107 Å². The predicted octanol–water partition coefficient (Wildman–Crippen LogP) is 3.41. The lowest BCUT2D eigenvalue weighted by molar-refractivity contribution is 0.395. The molecule has 3 nitrogen and oxygen atoms in total. The monoisotopic (exact) mass is 243 g/mol. The van der Waals surface area contributed by atoms with Crippen LogP contribution in [0.1, 0.15) is 0 Å². The first-order valence-electron chi connectivity index (χ1n) is 5.78. The van der Waals surface area contributed by atoms with Crippen molar-refractivity contribution in [3.63, 3.8) is 0 Å². The maximum Gasteiger partial charge on any atom is 0.130 e. The Balaban J connectivity index is 2.42. The molecule has 0 spiro atoms. The molecule has 94 valence electrons. The van der Waals surface area contributed by atoms with Crippen LogP contribution in [-0.2, 0) is 0 Å². The zero-order valence-electron chi connectivity index (χ0n) is 10.9. The molecule has 0 aliphatic rings. The van der Waals surface area contributed by atoms with E-state index in [1.54, 1.807) is 14.2 Å². The topological polar surface area (TPSA) is 30.5 Å². The highest BCUT2D eigenvalue weighted by Crippen LogP contribution is 2.33. The zero-order chi connectivity index (χ0) is 13.0. The standard InChI is InChI=1S/C15H17NO2/c1-16-12-6-4-11(5-7-12)14-9-8-13(17-2)10-15(14)18-3/h4-10,16H,1-3H3. The molecule has 0 amide bonds. The summed E-state index contributed by atoms with van der Waals surface area (Å²) >= 11 is 0. The molecule has 3 heteroatoms. The van der Waals surface area contributed by atoms with Gasteiger partial charge in [-0.3, -0.25) is 0 Å². The first kappa shape index (κ1) is 12.3. The fourth-order valence-electron chi connectivity index (χ4n) is 1.85. The molecule has 2 aromatic carbocycles. The third-order valence-corrected chi connectivity index (χ3v) is 2.89. The molecule has 18 heavy (non-hydrogen) atoms. The van der Waals surface area contributed by atoms with Gasteiger partial charge in [-0.05, 0) is 29.8 Å². The van der Waals surface area contributed by atoms with E-state index in [-0.39, 0.29) is 0 Å². The van der Waals surface area contributed by atoms with Crippen molar-refractivity contribution in [3.05, 3.63) is 42.5 Å². The van der Waals surface area contributed by atoms with Gasteiger partial charge >= 0.3 is 0 Å². The number of ether oxygens (including phenoxy) is 2. The summed E-state index contributed by atoms with van der Waals surface area (Å²) < 4.78 is 10.6. The van der Waals surface area contributed by atoms with E-state index >= 15 is 0 Å². The molecule has 0 aromatic heterocycles. The molecule has 2 aromatic rings. The van der Waals surface area contributed by atoms with E-state index in [0.717, 1.165) is 28.3 Å². The lowest BCUT2D eigenvalue weighted by Crippen LogP contribution is -1.91. The van der Waals surface area contributed by atoms with Gasteiger partial charge in [0.1, 0.15) is 11.5 Å². The molecular weight excluding hydrogens is 226 g/mol. The van der Waals surface area contributed by atoms with Crippen LogP contribution in [0.25, 0.3) is 11.1 Å². The van der Waals surface area contributed by atoms with E-state index in [1.165, 1.54) is 0 Å². The zero-order valence-corrected chi connectivity index (χ0v) is 10.9. The second-order valence-corrected chi connectivity index (χ2v) is 3.89. The minimum Gasteiger partial charge on any atom is -0.497 e. The maximum atomic E-state index is 5.40. The average molecular weight is 243 g/mol. The van der Waals surface area contributed by atoms with E-state index in [4.69, 9.17) is 9.47 Å². The molecule has 0 unspecified atom stereocenters. The molecule has 0 saturated heterocycles. The molecule has 0 heterocycles. The molecule has 0 saturated carbocycles. The second-order valence-electron chi connectivity index (χ2n) is 3.89. The third-order valence-electron chi connectivity index (χ3n) is 2.89. The first-order chi connectivity index (χ1) is 8.78. The Bertz CT molecular complexity index is 521. The van der Waals surface area contributed by atoms with Crippen molar-refractivity contribution in [2.75, 3.05) is 26.6 Å². The van der Waals surface area contributed by atoms with Crippen LogP contribution in [0.15, 0.2) is 42.5 Å². The van der Waals surface area contributed by atoms with Gasteiger partial charge in [0.15, 0.2) is 0 Å². The van der Waals surface area contributed by atoms with Crippen molar-refractivity contribution in [2.45, 2.75) is 0 Å². The quantitative estimate of drug-likeness (QED) is 0.892. The Morgan fingerprint density at radius 1 is 0.889 bits per heavy atom. The molecular formula is C15H17NO2. The Morgan fingerprint density at radius 3 is 2.17 bits per heavy atom. The van der Waals surface area contributed by atoms with Crippen molar-refractivity contribution in [3.8, 4) is 22.6 Å². The van der Waals surface area contributed by atoms with E-state index in [9.17, 15) is 0 Å². The molecule has 0 bridgehead atoms. The van der Waals surface area contributed by atoms with Crippen LogP contribution >= 0.6 is 0 Å². The summed E-state index contributed by atoms with van der Waals surface area (Å²) in [5.41, 5.74) is 3.26. The summed E-state index contributed by atoms with van der Waals surface area (Å²) in [4.78, 5) is 0. The smallest absolute Gasteiger partial charge is 0.130 e. The minimum atomic E-state index is 0.794. The summed E-state index contributed by atoms with van der Waals surface area (Å²) in [5.74, 6) is 1.61. The van der Waals surface area contributed by atoms with Crippen LogP contribution in [0.5, 0.6) is 11.5 Å². The third kappa shape index (κ3) is 2.40. The van der Waals surface area contributed by atoms with Gasteiger partial charge in [-0.2, -0.15) is 0 Å². The molecule has 2 rings (SSSR count). The van der Waals surface area contributed by atoms with Crippen molar-refractivity contribution in [1.82, 2.24) is 0 Å². The van der Waals surface area contributed by atoms with Gasteiger partial charge in [0.2, 0.25) is 0 Å². The van der Waals surface area contributed by atoms with Crippen LogP contribution in [0.4, 0.5) is 5.69 Å². The number of rotatable bonds is 4. The van der Waals surface area contributed by atoms with Crippen molar-refractivity contribution >= 4 is 5.69 Å². The summed E-state index contributed by atoms with van der Waals surface area (Å²) in [5, 5.41) is 3.10. The minimum absolute atomic E-state index is 0.794. The molecule has 0 aliphatic carbocycles. The largest absolute Gasteiger partial charge is 0.497 e. The Hall–Kier alpha value is -2.16. The lowest BCUT2D eigenvalue weighted by atomic mass is 10.0. The van der Waals surface area contributed by atoms with Crippen molar-refractivity contribution in [2.24, 2.45) is 0 Å². The normalized spacial score (nSPS) is 9.94. The summed E-state index contributed by atoms with van der Waals surface area (Å²) in [6, 6.07) is 14.0. The number of methoxy groups -OCH3 is 2. The van der Waals surface area contributed by atoms with Crippen molar-refractivity contribution in [1.29, 1.82) is 0 Å². The summed E-state index contributed by atoms with van der Waals surface area (Å²) in [6.07, 6.45) is 0. The van der Waals surface area contributed by atoms with Gasteiger partial charge in [-0.25, -0.2) is 0 Å². The van der Waals surface area contributed by atoms with Crippen LogP contribution in [0, 0.1) is 0 Å². The molecule has 0 atom stereocenters. The van der Waals surface area contributed by atoms with Crippen LogP contribution in [0.2, 0.25) is 0 Å². The number of hydrogen-bond donors (Lipinski definition) is 1. The SMILES string of the molecule is CNc1ccc(-c2ccc(OC)cc2OC)cc1. The number of nitrogens with one attached hydrogen (secondary N) is 1. The van der Waals surface area contributed by atoms with Crippen LogP contribution < -0.4 is 14.8 Å². The molecule has 0 fully saturated rings. The number of benzene rings is 2. The van der Waals surface area contributed by atoms with E-state index in [2.05, 4.69) is 17.4 Å². The Kier molecular flexibility index (Phi) is 3.72.